The van der Waals surface area contributed by atoms with Gasteiger partial charge in [-0.2, -0.15) is 0 Å². The predicted octanol–water partition coefficient (Wildman–Crippen LogP) is 3.62. The molecule has 0 aliphatic carbocycles. The molecule has 2 heterocycles. The number of aromatic nitrogens is 3. The van der Waals surface area contributed by atoms with Crippen molar-refractivity contribution >= 4 is 39.6 Å². The normalized spacial score (nSPS) is 11.4. The molecule has 0 unspecified atom stereocenters. The highest BCUT2D eigenvalue weighted by Crippen LogP contribution is 2.26. The van der Waals surface area contributed by atoms with Gasteiger partial charge >= 0.3 is 0 Å². The Kier molecular flexibility index (Phi) is 5.10. The first-order valence-corrected chi connectivity index (χ1v) is 10.1. The number of H-pyrrole nitrogens is 1. The van der Waals surface area contributed by atoms with Gasteiger partial charge in [0.2, 0.25) is 5.91 Å². The summed E-state index contributed by atoms with van der Waals surface area (Å²) in [7, 11) is 0. The molecular weight excluding hydrogens is 391 g/mol. The van der Waals surface area contributed by atoms with E-state index in [0.717, 1.165) is 22.7 Å². The Hall–Kier alpha value is -3.13. The second-order valence-electron chi connectivity index (χ2n) is 6.89. The first kappa shape index (κ1) is 19.2. The van der Waals surface area contributed by atoms with Crippen LogP contribution >= 0.6 is 11.8 Å². The summed E-state index contributed by atoms with van der Waals surface area (Å²) in [5.41, 5.74) is 1.25. The Labute approximate surface area is 170 Å². The van der Waals surface area contributed by atoms with Gasteiger partial charge in [0.1, 0.15) is 16.9 Å². The fraction of sp³-hybridized carbons (Fsp3) is 0.190. The molecule has 4 aromatic rings. The van der Waals surface area contributed by atoms with Gasteiger partial charge < -0.3 is 10.3 Å². The number of aromatic amines is 1. The van der Waals surface area contributed by atoms with Crippen molar-refractivity contribution in [1.82, 2.24) is 19.9 Å². The second kappa shape index (κ2) is 7.71. The molecule has 4 rings (SSSR count). The molecule has 1 amide bonds. The standard InChI is InChI=1S/C21H19FN4O2S/c1-12(2)23-17(27)11-29-21-25-18-13-7-3-5-9-15(13)24-19(18)20(28)26(21)16-10-6-4-8-14(16)22/h3-10,12,24H,11H2,1-2H3,(H,23,27). The summed E-state index contributed by atoms with van der Waals surface area (Å²) in [5.74, 6) is -0.661. The zero-order valence-corrected chi connectivity index (χ0v) is 16.7. The maximum Gasteiger partial charge on any atom is 0.283 e. The monoisotopic (exact) mass is 410 g/mol. The zero-order chi connectivity index (χ0) is 20.5. The molecule has 0 saturated carbocycles. The van der Waals surface area contributed by atoms with Gasteiger partial charge in [0, 0.05) is 16.9 Å². The molecule has 0 fully saturated rings. The summed E-state index contributed by atoms with van der Waals surface area (Å²) in [6.07, 6.45) is 0. The second-order valence-corrected chi connectivity index (χ2v) is 7.83. The van der Waals surface area contributed by atoms with Crippen LogP contribution in [-0.2, 0) is 4.79 Å². The SMILES string of the molecule is CC(C)NC(=O)CSc1nc2c([nH]c3ccccc32)c(=O)n1-c1ccccc1F. The molecule has 2 aromatic carbocycles. The Balaban J connectivity index is 1.92. The molecule has 0 radical (unpaired) electrons. The number of nitrogens with zero attached hydrogens (tertiary/aromatic N) is 2. The van der Waals surface area contributed by atoms with E-state index in [1.807, 2.05) is 38.1 Å². The number of benzene rings is 2. The van der Waals surface area contributed by atoms with E-state index < -0.39 is 11.4 Å². The lowest BCUT2D eigenvalue weighted by molar-refractivity contribution is -0.119. The van der Waals surface area contributed by atoms with Crippen molar-refractivity contribution in [2.24, 2.45) is 0 Å². The number of para-hydroxylation sites is 2. The number of amides is 1. The summed E-state index contributed by atoms with van der Waals surface area (Å²) in [6, 6.07) is 13.5. The number of fused-ring (bicyclic) bond motifs is 3. The lowest BCUT2D eigenvalue weighted by Crippen LogP contribution is -2.32. The van der Waals surface area contributed by atoms with E-state index in [1.165, 1.54) is 16.7 Å². The van der Waals surface area contributed by atoms with E-state index in [0.29, 0.717) is 11.0 Å². The molecule has 0 atom stereocenters. The number of carbonyl (C=O) groups excluding carboxylic acids is 1. The van der Waals surface area contributed by atoms with Gasteiger partial charge in [-0.3, -0.25) is 14.2 Å². The molecule has 148 valence electrons. The van der Waals surface area contributed by atoms with Gasteiger partial charge in [-0.1, -0.05) is 42.1 Å². The number of thioether (sulfide) groups is 1. The van der Waals surface area contributed by atoms with Crippen LogP contribution in [0.1, 0.15) is 13.8 Å². The quantitative estimate of drug-likeness (QED) is 0.389. The molecule has 0 aliphatic heterocycles. The van der Waals surface area contributed by atoms with Crippen molar-refractivity contribution in [3.63, 3.8) is 0 Å². The van der Waals surface area contributed by atoms with Crippen LogP contribution in [0.15, 0.2) is 58.5 Å². The molecule has 0 aliphatic rings. The molecule has 0 spiro atoms. The number of hydrogen-bond donors (Lipinski definition) is 2. The predicted molar refractivity (Wildman–Crippen MR) is 113 cm³/mol. The zero-order valence-electron chi connectivity index (χ0n) is 15.9. The highest BCUT2D eigenvalue weighted by Gasteiger charge is 2.19. The maximum atomic E-state index is 14.5. The van der Waals surface area contributed by atoms with Gasteiger partial charge in [0.25, 0.3) is 5.56 Å². The Morgan fingerprint density at radius 1 is 1.21 bits per heavy atom. The highest BCUT2D eigenvalue weighted by atomic mass is 32.2. The lowest BCUT2D eigenvalue weighted by atomic mass is 10.2. The highest BCUT2D eigenvalue weighted by molar-refractivity contribution is 7.99. The summed E-state index contributed by atoms with van der Waals surface area (Å²) in [5, 5.41) is 3.87. The Morgan fingerprint density at radius 3 is 2.69 bits per heavy atom. The van der Waals surface area contributed by atoms with Crippen molar-refractivity contribution in [2.45, 2.75) is 25.0 Å². The average molecular weight is 410 g/mol. The summed E-state index contributed by atoms with van der Waals surface area (Å²) in [6.45, 7) is 3.74. The van der Waals surface area contributed by atoms with Gasteiger partial charge in [-0.15, -0.1) is 0 Å². The van der Waals surface area contributed by atoms with Crippen LogP contribution in [0.25, 0.3) is 27.6 Å². The minimum Gasteiger partial charge on any atom is -0.353 e. The van der Waals surface area contributed by atoms with E-state index in [-0.39, 0.29) is 28.5 Å². The van der Waals surface area contributed by atoms with Gasteiger partial charge in [0.05, 0.1) is 11.4 Å². The maximum absolute atomic E-state index is 14.5. The Bertz CT molecular complexity index is 1280. The van der Waals surface area contributed by atoms with Gasteiger partial charge in [0.15, 0.2) is 5.16 Å². The van der Waals surface area contributed by atoms with Crippen molar-refractivity contribution in [1.29, 1.82) is 0 Å². The topological polar surface area (TPSA) is 79.8 Å². The number of rotatable bonds is 5. The van der Waals surface area contributed by atoms with E-state index in [2.05, 4.69) is 15.3 Å². The number of hydrogen-bond acceptors (Lipinski definition) is 4. The lowest BCUT2D eigenvalue weighted by Gasteiger charge is -2.13. The van der Waals surface area contributed by atoms with Crippen molar-refractivity contribution < 1.29 is 9.18 Å². The van der Waals surface area contributed by atoms with E-state index in [9.17, 15) is 14.0 Å². The van der Waals surface area contributed by atoms with Crippen molar-refractivity contribution in [3.05, 3.63) is 64.7 Å². The first-order valence-electron chi connectivity index (χ1n) is 9.16. The molecule has 29 heavy (non-hydrogen) atoms. The van der Waals surface area contributed by atoms with Crippen LogP contribution in [0.3, 0.4) is 0 Å². The van der Waals surface area contributed by atoms with Crippen molar-refractivity contribution in [2.75, 3.05) is 5.75 Å². The van der Waals surface area contributed by atoms with E-state index >= 15 is 0 Å². The fourth-order valence-electron chi connectivity index (χ4n) is 3.18. The Morgan fingerprint density at radius 2 is 1.93 bits per heavy atom. The summed E-state index contributed by atoms with van der Waals surface area (Å²) < 4.78 is 15.7. The molecule has 0 bridgehead atoms. The fourth-order valence-corrected chi connectivity index (χ4v) is 3.99. The van der Waals surface area contributed by atoms with E-state index in [1.54, 1.807) is 12.1 Å². The number of carbonyl (C=O) groups is 1. The van der Waals surface area contributed by atoms with Crippen LogP contribution in [-0.4, -0.2) is 32.2 Å². The summed E-state index contributed by atoms with van der Waals surface area (Å²) in [4.78, 5) is 33.2. The van der Waals surface area contributed by atoms with Crippen LogP contribution in [0.5, 0.6) is 0 Å². The largest absolute Gasteiger partial charge is 0.353 e. The van der Waals surface area contributed by atoms with Crippen LogP contribution in [0.4, 0.5) is 4.39 Å². The third kappa shape index (κ3) is 3.63. The number of nitrogens with one attached hydrogen (secondary N) is 2. The van der Waals surface area contributed by atoms with E-state index in [4.69, 9.17) is 0 Å². The van der Waals surface area contributed by atoms with Crippen molar-refractivity contribution in [3.8, 4) is 5.69 Å². The third-order valence-electron chi connectivity index (χ3n) is 4.37. The third-order valence-corrected chi connectivity index (χ3v) is 5.31. The number of halogens is 1. The smallest absolute Gasteiger partial charge is 0.283 e. The molecule has 2 N–H and O–H groups in total. The van der Waals surface area contributed by atoms with Gasteiger partial charge in [-0.25, -0.2) is 9.37 Å². The summed E-state index contributed by atoms with van der Waals surface area (Å²) >= 11 is 1.10. The minimum absolute atomic E-state index is 0.000849. The van der Waals surface area contributed by atoms with Crippen LogP contribution in [0, 0.1) is 5.82 Å². The van der Waals surface area contributed by atoms with Crippen LogP contribution < -0.4 is 10.9 Å². The molecule has 2 aromatic heterocycles. The average Bonchev–Trinajstić information content (AvgIpc) is 3.06. The minimum atomic E-state index is -0.541. The molecule has 0 saturated heterocycles. The molecule has 6 nitrogen and oxygen atoms in total. The first-order chi connectivity index (χ1) is 14.0. The molecular formula is C21H19FN4O2S. The molecule has 8 heteroatoms. The van der Waals surface area contributed by atoms with Gasteiger partial charge in [-0.05, 0) is 32.0 Å². The van der Waals surface area contributed by atoms with Crippen LogP contribution in [0.2, 0.25) is 0 Å².